The van der Waals surface area contributed by atoms with E-state index in [9.17, 15) is 18.3 Å². The van der Waals surface area contributed by atoms with Gasteiger partial charge in [0.15, 0.2) is 11.5 Å². The minimum absolute atomic E-state index is 0.111. The van der Waals surface area contributed by atoms with E-state index in [1.807, 2.05) is 0 Å². The van der Waals surface area contributed by atoms with E-state index >= 15 is 0 Å². The number of halogens is 4. The van der Waals surface area contributed by atoms with Crippen molar-refractivity contribution in [3.8, 4) is 11.5 Å². The van der Waals surface area contributed by atoms with E-state index in [-0.39, 0.29) is 16.3 Å². The lowest BCUT2D eigenvalue weighted by atomic mass is 10.2. The predicted octanol–water partition coefficient (Wildman–Crippen LogP) is 3.71. The molecule has 6 nitrogen and oxygen atoms in total. The van der Waals surface area contributed by atoms with Crippen LogP contribution in [0, 0.1) is 4.77 Å². The maximum Gasteiger partial charge on any atom is 0.453 e. The molecule has 2 rings (SSSR count). The van der Waals surface area contributed by atoms with Crippen molar-refractivity contribution in [3.63, 3.8) is 0 Å². The van der Waals surface area contributed by atoms with E-state index in [4.69, 9.17) is 17.0 Å². The summed E-state index contributed by atoms with van der Waals surface area (Å²) < 4.78 is 44.1. The first kappa shape index (κ1) is 17.5. The molecule has 0 radical (unpaired) electrons. The second-order valence-electron chi connectivity index (χ2n) is 4.19. The molecule has 0 fully saturated rings. The molecule has 0 unspecified atom stereocenters. The van der Waals surface area contributed by atoms with Crippen LogP contribution in [0.2, 0.25) is 0 Å². The number of nitrogens with zero attached hydrogens (tertiary/aromatic N) is 3. The van der Waals surface area contributed by atoms with Crippen molar-refractivity contribution in [3.05, 3.63) is 32.8 Å². The van der Waals surface area contributed by atoms with Crippen molar-refractivity contribution in [1.82, 2.24) is 14.9 Å². The Kier molecular flexibility index (Phi) is 5.09. The van der Waals surface area contributed by atoms with Gasteiger partial charge in [0, 0.05) is 0 Å². The standard InChI is InChI=1S/C12H10BrF3N4O2S/c1-2-22-8-4-6(3-7(13)9(8)21)5-17-20-10(12(14,15)16)18-19-11(20)23/h3-5,21H,2H2,1H3,(H,19,23)/b17-5-. The van der Waals surface area contributed by atoms with Crippen LogP contribution in [0.25, 0.3) is 0 Å². The van der Waals surface area contributed by atoms with Gasteiger partial charge in [0.25, 0.3) is 5.82 Å². The Hall–Kier alpha value is -1.88. The van der Waals surface area contributed by atoms with Crippen LogP contribution in [0.4, 0.5) is 13.2 Å². The fourth-order valence-corrected chi connectivity index (χ4v) is 2.28. The molecule has 0 amide bonds. The van der Waals surface area contributed by atoms with Crippen molar-refractivity contribution in [2.45, 2.75) is 13.1 Å². The summed E-state index contributed by atoms with van der Waals surface area (Å²) in [4.78, 5) is 0. The van der Waals surface area contributed by atoms with Gasteiger partial charge >= 0.3 is 6.18 Å². The molecule has 0 saturated heterocycles. The van der Waals surface area contributed by atoms with Gasteiger partial charge in [-0.05, 0) is 52.8 Å². The van der Waals surface area contributed by atoms with E-state index in [1.165, 1.54) is 12.1 Å². The largest absolute Gasteiger partial charge is 0.503 e. The third-order valence-corrected chi connectivity index (χ3v) is 3.45. The van der Waals surface area contributed by atoms with Crippen molar-refractivity contribution >= 4 is 34.4 Å². The van der Waals surface area contributed by atoms with Gasteiger partial charge in [-0.15, -0.1) is 5.10 Å². The van der Waals surface area contributed by atoms with Gasteiger partial charge in [0.2, 0.25) is 4.77 Å². The van der Waals surface area contributed by atoms with Gasteiger partial charge in [-0.25, -0.2) is 5.10 Å². The number of benzene rings is 1. The molecule has 1 aromatic carbocycles. The first-order valence-corrected chi connectivity index (χ1v) is 7.38. The minimum atomic E-state index is -4.70. The number of H-pyrrole nitrogens is 1. The predicted molar refractivity (Wildman–Crippen MR) is 82.4 cm³/mol. The number of aromatic hydroxyl groups is 1. The maximum atomic E-state index is 12.8. The van der Waals surface area contributed by atoms with Crippen molar-refractivity contribution < 1.29 is 23.0 Å². The first-order valence-electron chi connectivity index (χ1n) is 6.18. The second-order valence-corrected chi connectivity index (χ2v) is 5.43. The molecule has 2 N–H and O–H groups in total. The lowest BCUT2D eigenvalue weighted by molar-refractivity contribution is -0.147. The number of rotatable bonds is 4. The Bertz CT molecular complexity index is 801. The fraction of sp³-hybridized carbons (Fsp3) is 0.250. The molecule has 0 saturated carbocycles. The summed E-state index contributed by atoms with van der Waals surface area (Å²) in [6.45, 7) is 2.04. The molecule has 2 aromatic rings. The van der Waals surface area contributed by atoms with Crippen LogP contribution >= 0.6 is 28.1 Å². The molecule has 0 atom stereocenters. The number of aromatic amines is 1. The van der Waals surface area contributed by atoms with Gasteiger partial charge < -0.3 is 9.84 Å². The smallest absolute Gasteiger partial charge is 0.453 e. The van der Waals surface area contributed by atoms with E-state index in [0.717, 1.165) is 6.21 Å². The van der Waals surface area contributed by atoms with Gasteiger partial charge in [-0.3, -0.25) is 0 Å². The second kappa shape index (κ2) is 6.71. The van der Waals surface area contributed by atoms with Crippen LogP contribution in [-0.4, -0.2) is 32.8 Å². The first-order chi connectivity index (χ1) is 10.7. The van der Waals surface area contributed by atoms with E-state index < -0.39 is 12.0 Å². The number of alkyl halides is 3. The summed E-state index contributed by atoms with van der Waals surface area (Å²) in [5.74, 6) is -1.20. The van der Waals surface area contributed by atoms with Crippen molar-refractivity contribution in [1.29, 1.82) is 0 Å². The zero-order valence-electron chi connectivity index (χ0n) is 11.6. The van der Waals surface area contributed by atoms with E-state index in [2.05, 4.69) is 31.2 Å². The highest BCUT2D eigenvalue weighted by Crippen LogP contribution is 2.35. The zero-order valence-corrected chi connectivity index (χ0v) is 14.0. The monoisotopic (exact) mass is 410 g/mol. The van der Waals surface area contributed by atoms with Crippen LogP contribution < -0.4 is 4.74 Å². The summed E-state index contributed by atoms with van der Waals surface area (Å²) in [5, 5.41) is 18.6. The van der Waals surface area contributed by atoms with Crippen molar-refractivity contribution in [2.75, 3.05) is 6.61 Å². The normalized spacial score (nSPS) is 12.0. The third-order valence-electron chi connectivity index (χ3n) is 2.58. The molecule has 11 heteroatoms. The van der Waals surface area contributed by atoms with Crippen LogP contribution in [0.15, 0.2) is 21.7 Å². The number of aromatic nitrogens is 3. The number of phenols is 1. The maximum absolute atomic E-state index is 12.8. The van der Waals surface area contributed by atoms with Crippen molar-refractivity contribution in [2.24, 2.45) is 5.10 Å². The Morgan fingerprint density at radius 1 is 1.52 bits per heavy atom. The van der Waals surface area contributed by atoms with Crippen LogP contribution in [0.3, 0.4) is 0 Å². The number of hydrogen-bond acceptors (Lipinski definition) is 5. The van der Waals surface area contributed by atoms with Gasteiger partial charge in [0.05, 0.1) is 17.3 Å². The summed E-state index contributed by atoms with van der Waals surface area (Å²) in [7, 11) is 0. The number of nitrogens with one attached hydrogen (secondary N) is 1. The van der Waals surface area contributed by atoms with Crippen LogP contribution in [-0.2, 0) is 6.18 Å². The van der Waals surface area contributed by atoms with E-state index in [0.29, 0.717) is 21.3 Å². The minimum Gasteiger partial charge on any atom is -0.503 e. The SMILES string of the molecule is CCOc1cc(/C=N\n2c(C(F)(F)F)n[nH]c2=S)cc(Br)c1O. The Labute approximate surface area is 141 Å². The molecule has 124 valence electrons. The lowest BCUT2D eigenvalue weighted by Gasteiger charge is -2.08. The Balaban J connectivity index is 2.42. The summed E-state index contributed by atoms with van der Waals surface area (Å²) in [6.07, 6.45) is -3.55. The lowest BCUT2D eigenvalue weighted by Crippen LogP contribution is -2.12. The molecule has 23 heavy (non-hydrogen) atoms. The highest BCUT2D eigenvalue weighted by Gasteiger charge is 2.37. The molecule has 0 bridgehead atoms. The number of phenolic OH excluding ortho intramolecular Hbond substituents is 1. The third kappa shape index (κ3) is 3.91. The highest BCUT2D eigenvalue weighted by molar-refractivity contribution is 9.10. The topological polar surface area (TPSA) is 75.4 Å². The molecular formula is C12H10BrF3N4O2S. The van der Waals surface area contributed by atoms with Crippen LogP contribution in [0.1, 0.15) is 18.3 Å². The molecule has 0 aliphatic heterocycles. The van der Waals surface area contributed by atoms with Gasteiger partial charge in [0.1, 0.15) is 0 Å². The Morgan fingerprint density at radius 2 is 2.22 bits per heavy atom. The Morgan fingerprint density at radius 3 is 2.83 bits per heavy atom. The van der Waals surface area contributed by atoms with Gasteiger partial charge in [-0.1, -0.05) is 0 Å². The summed E-state index contributed by atoms with van der Waals surface area (Å²) >= 11 is 7.86. The zero-order chi connectivity index (χ0) is 17.2. The quantitative estimate of drug-likeness (QED) is 0.594. The van der Waals surface area contributed by atoms with Gasteiger partial charge in [-0.2, -0.15) is 22.9 Å². The molecular weight excluding hydrogens is 401 g/mol. The average molecular weight is 411 g/mol. The molecule has 0 aliphatic rings. The molecule has 1 aromatic heterocycles. The number of hydrogen-bond donors (Lipinski definition) is 2. The summed E-state index contributed by atoms with van der Waals surface area (Å²) in [6, 6.07) is 2.91. The van der Waals surface area contributed by atoms with Crippen LogP contribution in [0.5, 0.6) is 11.5 Å². The van der Waals surface area contributed by atoms with E-state index in [1.54, 1.807) is 6.92 Å². The summed E-state index contributed by atoms with van der Waals surface area (Å²) in [5.41, 5.74) is 0.398. The molecule has 0 aliphatic carbocycles. The molecule has 1 heterocycles. The highest BCUT2D eigenvalue weighted by atomic mass is 79.9. The average Bonchev–Trinajstić information content (AvgIpc) is 2.83. The number of ether oxygens (including phenoxy) is 1. The fourth-order valence-electron chi connectivity index (χ4n) is 1.64. The molecule has 0 spiro atoms.